The standard InChI is InChI=1S/C12H9Cl2N5/c1-7-8(13)3-2-4-9(7)17-11-5-10(14)18-12-15-6-16-19(11)12/h2-6,17H,1H3. The Bertz CT molecular complexity index is 753. The van der Waals surface area contributed by atoms with Crippen LogP contribution in [-0.4, -0.2) is 19.6 Å². The fourth-order valence-corrected chi connectivity index (χ4v) is 2.11. The van der Waals surface area contributed by atoms with E-state index in [0.29, 0.717) is 21.8 Å². The predicted octanol–water partition coefficient (Wildman–Crippen LogP) is 3.48. The lowest BCUT2D eigenvalue weighted by molar-refractivity contribution is 0.947. The lowest BCUT2D eigenvalue weighted by Gasteiger charge is -2.11. The van der Waals surface area contributed by atoms with Crippen molar-refractivity contribution in [2.24, 2.45) is 0 Å². The number of halogens is 2. The number of benzene rings is 1. The van der Waals surface area contributed by atoms with E-state index in [0.717, 1.165) is 11.3 Å². The van der Waals surface area contributed by atoms with E-state index in [-0.39, 0.29) is 0 Å². The first-order chi connectivity index (χ1) is 9.15. The Labute approximate surface area is 119 Å². The number of hydrogen-bond donors (Lipinski definition) is 1. The van der Waals surface area contributed by atoms with E-state index < -0.39 is 0 Å². The maximum absolute atomic E-state index is 6.10. The second kappa shape index (κ2) is 4.68. The monoisotopic (exact) mass is 293 g/mol. The van der Waals surface area contributed by atoms with Gasteiger partial charge >= 0.3 is 0 Å². The van der Waals surface area contributed by atoms with Crippen LogP contribution in [0, 0.1) is 6.92 Å². The van der Waals surface area contributed by atoms with Gasteiger partial charge in [0.05, 0.1) is 0 Å². The van der Waals surface area contributed by atoms with Gasteiger partial charge in [-0.1, -0.05) is 29.3 Å². The lowest BCUT2D eigenvalue weighted by Crippen LogP contribution is -2.02. The van der Waals surface area contributed by atoms with Gasteiger partial charge in [-0.05, 0) is 24.6 Å². The van der Waals surface area contributed by atoms with Crippen molar-refractivity contribution in [3.8, 4) is 0 Å². The highest BCUT2D eigenvalue weighted by atomic mass is 35.5. The molecule has 0 bridgehead atoms. The van der Waals surface area contributed by atoms with Gasteiger partial charge < -0.3 is 5.32 Å². The summed E-state index contributed by atoms with van der Waals surface area (Å²) in [5.74, 6) is 1.12. The van der Waals surface area contributed by atoms with Gasteiger partial charge in [0.25, 0.3) is 5.78 Å². The molecule has 0 unspecified atom stereocenters. The SMILES string of the molecule is Cc1c(Cl)cccc1Nc1cc(Cl)nc2ncnn12. The van der Waals surface area contributed by atoms with Gasteiger partial charge in [0.15, 0.2) is 0 Å². The van der Waals surface area contributed by atoms with Crippen molar-refractivity contribution in [1.82, 2.24) is 19.6 Å². The number of anilines is 2. The second-order valence-corrected chi connectivity index (χ2v) is 4.77. The zero-order valence-electron chi connectivity index (χ0n) is 9.93. The zero-order chi connectivity index (χ0) is 13.4. The van der Waals surface area contributed by atoms with E-state index in [4.69, 9.17) is 23.2 Å². The minimum atomic E-state index is 0.350. The molecular formula is C12H9Cl2N5. The first-order valence-corrected chi connectivity index (χ1v) is 6.29. The molecule has 0 aliphatic rings. The maximum Gasteiger partial charge on any atom is 0.255 e. The normalized spacial score (nSPS) is 10.9. The Hall–Kier alpha value is -1.85. The molecule has 1 aromatic carbocycles. The summed E-state index contributed by atoms with van der Waals surface area (Å²) in [7, 11) is 0. The molecule has 0 saturated carbocycles. The average molecular weight is 294 g/mol. The van der Waals surface area contributed by atoms with Crippen LogP contribution in [0.2, 0.25) is 10.2 Å². The molecule has 2 aromatic heterocycles. The van der Waals surface area contributed by atoms with E-state index >= 15 is 0 Å². The number of nitrogens with one attached hydrogen (secondary N) is 1. The first kappa shape index (κ1) is 12.2. The Morgan fingerprint density at radius 1 is 1.26 bits per heavy atom. The van der Waals surface area contributed by atoms with Crippen LogP contribution in [0.4, 0.5) is 11.5 Å². The van der Waals surface area contributed by atoms with E-state index in [1.807, 2.05) is 25.1 Å². The van der Waals surface area contributed by atoms with Crippen molar-refractivity contribution >= 4 is 40.5 Å². The Kier molecular flexibility index (Phi) is 3.00. The molecular weight excluding hydrogens is 285 g/mol. The molecule has 2 heterocycles. The van der Waals surface area contributed by atoms with Crippen LogP contribution in [0.15, 0.2) is 30.6 Å². The Morgan fingerprint density at radius 3 is 2.95 bits per heavy atom. The second-order valence-electron chi connectivity index (χ2n) is 3.97. The van der Waals surface area contributed by atoms with E-state index in [2.05, 4.69) is 20.4 Å². The zero-order valence-corrected chi connectivity index (χ0v) is 11.4. The Balaban J connectivity index is 2.10. The number of rotatable bonds is 2. The number of nitrogens with zero attached hydrogens (tertiary/aromatic N) is 4. The van der Waals surface area contributed by atoms with Crippen LogP contribution in [-0.2, 0) is 0 Å². The van der Waals surface area contributed by atoms with E-state index in [9.17, 15) is 0 Å². The van der Waals surface area contributed by atoms with Crippen molar-refractivity contribution in [3.63, 3.8) is 0 Å². The first-order valence-electron chi connectivity index (χ1n) is 5.53. The van der Waals surface area contributed by atoms with E-state index in [1.54, 1.807) is 10.6 Å². The molecule has 0 saturated heterocycles. The van der Waals surface area contributed by atoms with Crippen LogP contribution >= 0.6 is 23.2 Å². The van der Waals surface area contributed by atoms with Gasteiger partial charge in [-0.3, -0.25) is 0 Å². The van der Waals surface area contributed by atoms with Crippen LogP contribution in [0.3, 0.4) is 0 Å². The molecule has 0 aliphatic carbocycles. The molecule has 5 nitrogen and oxygen atoms in total. The molecule has 0 atom stereocenters. The molecule has 7 heteroatoms. The summed E-state index contributed by atoms with van der Waals surface area (Å²) >= 11 is 12.1. The topological polar surface area (TPSA) is 55.1 Å². The molecule has 0 amide bonds. The minimum Gasteiger partial charge on any atom is -0.340 e. The third kappa shape index (κ3) is 2.22. The van der Waals surface area contributed by atoms with Gasteiger partial charge in [0, 0.05) is 16.8 Å². The van der Waals surface area contributed by atoms with Gasteiger partial charge in [-0.15, -0.1) is 0 Å². The highest BCUT2D eigenvalue weighted by Gasteiger charge is 2.08. The lowest BCUT2D eigenvalue weighted by atomic mass is 10.2. The summed E-state index contributed by atoms with van der Waals surface area (Å²) in [6, 6.07) is 7.33. The van der Waals surface area contributed by atoms with Crippen molar-refractivity contribution < 1.29 is 0 Å². The molecule has 96 valence electrons. The number of fused-ring (bicyclic) bond motifs is 1. The van der Waals surface area contributed by atoms with Crippen molar-refractivity contribution in [3.05, 3.63) is 46.3 Å². The summed E-state index contributed by atoms with van der Waals surface area (Å²) in [4.78, 5) is 8.08. The summed E-state index contributed by atoms with van der Waals surface area (Å²) in [6.07, 6.45) is 1.43. The van der Waals surface area contributed by atoms with Crippen molar-refractivity contribution in [2.45, 2.75) is 6.92 Å². The molecule has 0 fully saturated rings. The molecule has 0 radical (unpaired) electrons. The van der Waals surface area contributed by atoms with Gasteiger partial charge in [-0.25, -0.2) is 0 Å². The van der Waals surface area contributed by atoms with Gasteiger partial charge in [0.1, 0.15) is 17.3 Å². The van der Waals surface area contributed by atoms with Crippen molar-refractivity contribution in [1.29, 1.82) is 0 Å². The average Bonchev–Trinajstić information content (AvgIpc) is 2.83. The summed E-state index contributed by atoms with van der Waals surface area (Å²) in [5.41, 5.74) is 1.83. The van der Waals surface area contributed by atoms with E-state index in [1.165, 1.54) is 6.33 Å². The number of aromatic nitrogens is 4. The molecule has 3 rings (SSSR count). The third-order valence-electron chi connectivity index (χ3n) is 2.75. The maximum atomic E-state index is 6.10. The van der Waals surface area contributed by atoms with Crippen LogP contribution in [0.5, 0.6) is 0 Å². The summed E-state index contributed by atoms with van der Waals surface area (Å²) in [6.45, 7) is 1.94. The molecule has 19 heavy (non-hydrogen) atoms. The molecule has 3 aromatic rings. The van der Waals surface area contributed by atoms with Gasteiger partial charge in [-0.2, -0.15) is 19.6 Å². The smallest absolute Gasteiger partial charge is 0.255 e. The quantitative estimate of drug-likeness (QED) is 0.735. The third-order valence-corrected chi connectivity index (χ3v) is 3.35. The predicted molar refractivity (Wildman–Crippen MR) is 75.3 cm³/mol. The highest BCUT2D eigenvalue weighted by molar-refractivity contribution is 6.31. The number of hydrogen-bond acceptors (Lipinski definition) is 4. The summed E-state index contributed by atoms with van der Waals surface area (Å²) < 4.78 is 1.58. The fourth-order valence-electron chi connectivity index (χ4n) is 1.75. The van der Waals surface area contributed by atoms with Crippen molar-refractivity contribution in [2.75, 3.05) is 5.32 Å². The van der Waals surface area contributed by atoms with Gasteiger partial charge in [0.2, 0.25) is 0 Å². The highest BCUT2D eigenvalue weighted by Crippen LogP contribution is 2.26. The largest absolute Gasteiger partial charge is 0.340 e. The van der Waals surface area contributed by atoms with Crippen LogP contribution in [0.25, 0.3) is 5.78 Å². The molecule has 0 spiro atoms. The fraction of sp³-hybridized carbons (Fsp3) is 0.0833. The molecule has 1 N–H and O–H groups in total. The van der Waals surface area contributed by atoms with Crippen LogP contribution in [0.1, 0.15) is 5.56 Å². The molecule has 0 aliphatic heterocycles. The minimum absolute atomic E-state index is 0.350. The van der Waals surface area contributed by atoms with Crippen LogP contribution < -0.4 is 5.32 Å². The Morgan fingerprint density at radius 2 is 2.11 bits per heavy atom. The summed E-state index contributed by atoms with van der Waals surface area (Å²) in [5, 5.41) is 8.38.